The van der Waals surface area contributed by atoms with E-state index in [4.69, 9.17) is 5.11 Å². The second kappa shape index (κ2) is 6.53. The topological polar surface area (TPSA) is 69.6 Å². The quantitative estimate of drug-likeness (QED) is 0.739. The molecule has 0 aromatic heterocycles. The van der Waals surface area contributed by atoms with Crippen LogP contribution < -0.4 is 5.32 Å². The predicted octanol–water partition coefficient (Wildman–Crippen LogP) is 1.63. The molecule has 0 aliphatic carbocycles. The first kappa shape index (κ1) is 15.5. The molecule has 1 unspecified atom stereocenters. The number of aliphatic carboxylic acids is 1. The molecule has 1 aromatic carbocycles. The van der Waals surface area contributed by atoms with Crippen LogP contribution in [-0.2, 0) is 17.5 Å². The minimum absolute atomic E-state index is 0.0628. The molecule has 0 spiro atoms. The van der Waals surface area contributed by atoms with Gasteiger partial charge < -0.3 is 15.5 Å². The van der Waals surface area contributed by atoms with Crippen LogP contribution in [0.4, 0.5) is 13.2 Å². The van der Waals surface area contributed by atoms with Gasteiger partial charge in [-0.2, -0.15) is 13.2 Å². The van der Waals surface area contributed by atoms with Crippen LogP contribution in [0.2, 0.25) is 0 Å². The number of nitrogens with one attached hydrogen (secondary N) is 1. The van der Waals surface area contributed by atoms with Crippen LogP contribution in [0.25, 0.3) is 0 Å². The highest BCUT2D eigenvalue weighted by atomic mass is 19.4. The molecule has 1 rings (SSSR count). The molecule has 1 atom stereocenters. The molecule has 0 heterocycles. The van der Waals surface area contributed by atoms with Crippen molar-refractivity contribution in [3.05, 3.63) is 35.4 Å². The second-order valence-corrected chi connectivity index (χ2v) is 4.08. The zero-order chi connectivity index (χ0) is 14.5. The van der Waals surface area contributed by atoms with Gasteiger partial charge in [0.15, 0.2) is 0 Å². The molecule has 0 amide bonds. The maximum absolute atomic E-state index is 12.3. The van der Waals surface area contributed by atoms with Crippen LogP contribution in [0.15, 0.2) is 24.3 Å². The van der Waals surface area contributed by atoms with Crippen molar-refractivity contribution in [3.8, 4) is 0 Å². The number of aliphatic hydroxyl groups excluding tert-OH is 1. The average molecular weight is 277 g/mol. The van der Waals surface area contributed by atoms with Crippen LogP contribution >= 0.6 is 0 Å². The number of alkyl halides is 3. The second-order valence-electron chi connectivity index (χ2n) is 4.08. The minimum atomic E-state index is -4.36. The van der Waals surface area contributed by atoms with Crippen LogP contribution in [0.5, 0.6) is 0 Å². The van der Waals surface area contributed by atoms with E-state index in [0.717, 1.165) is 12.1 Å². The van der Waals surface area contributed by atoms with E-state index in [1.54, 1.807) is 0 Å². The molecule has 0 aliphatic heterocycles. The number of hydrogen-bond acceptors (Lipinski definition) is 3. The van der Waals surface area contributed by atoms with Crippen molar-refractivity contribution in [3.63, 3.8) is 0 Å². The first-order valence-corrected chi connectivity index (χ1v) is 5.55. The summed E-state index contributed by atoms with van der Waals surface area (Å²) < 4.78 is 36.9. The van der Waals surface area contributed by atoms with Gasteiger partial charge in [-0.3, -0.25) is 4.79 Å². The van der Waals surface area contributed by atoms with E-state index in [1.165, 1.54) is 12.1 Å². The van der Waals surface area contributed by atoms with Crippen LogP contribution in [-0.4, -0.2) is 28.8 Å². The van der Waals surface area contributed by atoms with Crippen molar-refractivity contribution < 1.29 is 28.2 Å². The molecular weight excluding hydrogens is 263 g/mol. The SMILES string of the molecule is O=C(O)CC(O)CNCc1ccc(C(F)(F)F)cc1. The van der Waals surface area contributed by atoms with Gasteiger partial charge in [-0.15, -0.1) is 0 Å². The molecule has 0 saturated heterocycles. The lowest BCUT2D eigenvalue weighted by atomic mass is 10.1. The van der Waals surface area contributed by atoms with E-state index in [1.807, 2.05) is 0 Å². The monoisotopic (exact) mass is 277 g/mol. The third kappa shape index (κ3) is 5.71. The van der Waals surface area contributed by atoms with Gasteiger partial charge in [-0.05, 0) is 17.7 Å². The molecule has 0 radical (unpaired) electrons. The summed E-state index contributed by atoms with van der Waals surface area (Å²) in [6.07, 6.45) is -5.75. The summed E-state index contributed by atoms with van der Waals surface area (Å²) in [7, 11) is 0. The largest absolute Gasteiger partial charge is 0.481 e. The van der Waals surface area contributed by atoms with Gasteiger partial charge in [-0.25, -0.2) is 0 Å². The highest BCUT2D eigenvalue weighted by Crippen LogP contribution is 2.28. The first-order chi connectivity index (χ1) is 8.79. The van der Waals surface area contributed by atoms with Crippen molar-refractivity contribution in [1.29, 1.82) is 0 Å². The summed E-state index contributed by atoms with van der Waals surface area (Å²) in [6.45, 7) is 0.322. The highest BCUT2D eigenvalue weighted by Gasteiger charge is 2.29. The predicted molar refractivity (Wildman–Crippen MR) is 61.4 cm³/mol. The van der Waals surface area contributed by atoms with Crippen molar-refractivity contribution in [2.75, 3.05) is 6.54 Å². The number of aliphatic hydroxyl groups is 1. The van der Waals surface area contributed by atoms with Crippen LogP contribution in [0, 0.1) is 0 Å². The molecule has 3 N–H and O–H groups in total. The normalized spacial score (nSPS) is 13.3. The Morgan fingerprint density at radius 3 is 2.32 bits per heavy atom. The van der Waals surface area contributed by atoms with E-state index >= 15 is 0 Å². The molecule has 19 heavy (non-hydrogen) atoms. The van der Waals surface area contributed by atoms with E-state index < -0.39 is 23.8 Å². The first-order valence-electron chi connectivity index (χ1n) is 5.55. The Morgan fingerprint density at radius 1 is 1.26 bits per heavy atom. The zero-order valence-electron chi connectivity index (χ0n) is 9.94. The summed E-state index contributed by atoms with van der Waals surface area (Å²) in [5.74, 6) is -1.11. The molecule has 0 fully saturated rings. The molecule has 0 aliphatic rings. The van der Waals surface area contributed by atoms with Gasteiger partial charge in [0.25, 0.3) is 0 Å². The summed E-state index contributed by atoms with van der Waals surface area (Å²) in [5, 5.41) is 20.4. The number of carboxylic acid groups (broad SMARTS) is 1. The van der Waals surface area contributed by atoms with Gasteiger partial charge >= 0.3 is 12.1 Å². The zero-order valence-corrected chi connectivity index (χ0v) is 9.94. The maximum Gasteiger partial charge on any atom is 0.416 e. The van der Waals surface area contributed by atoms with Gasteiger partial charge in [0.1, 0.15) is 0 Å². The number of carbonyl (C=O) groups is 1. The van der Waals surface area contributed by atoms with E-state index in [-0.39, 0.29) is 19.5 Å². The van der Waals surface area contributed by atoms with Gasteiger partial charge in [0, 0.05) is 13.1 Å². The molecule has 0 saturated carbocycles. The summed E-state index contributed by atoms with van der Waals surface area (Å²) in [4.78, 5) is 10.3. The summed E-state index contributed by atoms with van der Waals surface area (Å²) in [5.41, 5.74) is -0.0994. The van der Waals surface area contributed by atoms with Gasteiger partial charge in [-0.1, -0.05) is 12.1 Å². The molecule has 1 aromatic rings. The highest BCUT2D eigenvalue weighted by molar-refractivity contribution is 5.67. The fourth-order valence-electron chi connectivity index (χ4n) is 1.47. The van der Waals surface area contributed by atoms with E-state index in [9.17, 15) is 23.1 Å². The minimum Gasteiger partial charge on any atom is -0.481 e. The summed E-state index contributed by atoms with van der Waals surface area (Å²) in [6, 6.07) is 4.62. The van der Waals surface area contributed by atoms with Gasteiger partial charge in [0.2, 0.25) is 0 Å². The summed E-state index contributed by atoms with van der Waals surface area (Å²) >= 11 is 0. The Balaban J connectivity index is 2.40. The lowest BCUT2D eigenvalue weighted by molar-refractivity contribution is -0.139. The van der Waals surface area contributed by atoms with Crippen molar-refractivity contribution in [2.45, 2.75) is 25.2 Å². The fourth-order valence-corrected chi connectivity index (χ4v) is 1.47. The number of halogens is 3. The van der Waals surface area contributed by atoms with Crippen molar-refractivity contribution in [1.82, 2.24) is 5.32 Å². The number of rotatable bonds is 6. The Bertz CT molecular complexity index is 417. The Morgan fingerprint density at radius 2 is 1.84 bits per heavy atom. The van der Waals surface area contributed by atoms with E-state index in [0.29, 0.717) is 5.56 Å². The molecular formula is C12H14F3NO3. The van der Waals surface area contributed by atoms with Crippen LogP contribution in [0.3, 0.4) is 0 Å². The lowest BCUT2D eigenvalue weighted by Gasteiger charge is -2.10. The standard InChI is InChI=1S/C12H14F3NO3/c13-12(14,15)9-3-1-8(2-4-9)6-16-7-10(17)5-11(18)19/h1-4,10,16-17H,5-7H2,(H,18,19). The Kier molecular flexibility index (Phi) is 5.31. The number of hydrogen-bond donors (Lipinski definition) is 3. The fraction of sp³-hybridized carbons (Fsp3) is 0.417. The lowest BCUT2D eigenvalue weighted by Crippen LogP contribution is -2.28. The Labute approximate surface area is 107 Å². The third-order valence-corrected chi connectivity index (χ3v) is 2.40. The third-order valence-electron chi connectivity index (χ3n) is 2.40. The Hall–Kier alpha value is -1.60. The van der Waals surface area contributed by atoms with Crippen molar-refractivity contribution in [2.24, 2.45) is 0 Å². The van der Waals surface area contributed by atoms with Crippen molar-refractivity contribution >= 4 is 5.97 Å². The van der Waals surface area contributed by atoms with Gasteiger partial charge in [0.05, 0.1) is 18.1 Å². The van der Waals surface area contributed by atoms with E-state index in [2.05, 4.69) is 5.32 Å². The molecule has 4 nitrogen and oxygen atoms in total. The number of benzene rings is 1. The smallest absolute Gasteiger partial charge is 0.416 e. The molecule has 106 valence electrons. The average Bonchev–Trinajstić information content (AvgIpc) is 2.27. The molecule has 0 bridgehead atoms. The number of carboxylic acids is 1. The van der Waals surface area contributed by atoms with Crippen LogP contribution in [0.1, 0.15) is 17.5 Å². The maximum atomic E-state index is 12.3. The molecule has 7 heteroatoms.